The van der Waals surface area contributed by atoms with E-state index < -0.39 is 0 Å². The Labute approximate surface area is 145 Å². The van der Waals surface area contributed by atoms with Crippen LogP contribution in [0.25, 0.3) is 11.4 Å². The number of hydrogen-bond acceptors (Lipinski definition) is 4. The third-order valence-electron chi connectivity index (χ3n) is 4.85. The van der Waals surface area contributed by atoms with E-state index >= 15 is 0 Å². The van der Waals surface area contributed by atoms with Gasteiger partial charge in [-0.3, -0.25) is 5.10 Å². The van der Waals surface area contributed by atoms with Crippen molar-refractivity contribution >= 4 is 17.4 Å². The maximum Gasteiger partial charge on any atom is 0.318 e. The van der Waals surface area contributed by atoms with E-state index in [1.807, 2.05) is 15.8 Å². The van der Waals surface area contributed by atoms with Crippen LogP contribution < -0.4 is 5.32 Å². The summed E-state index contributed by atoms with van der Waals surface area (Å²) in [6.07, 6.45) is 8.12. The van der Waals surface area contributed by atoms with Crippen LogP contribution in [0.4, 0.5) is 4.79 Å². The van der Waals surface area contributed by atoms with Crippen molar-refractivity contribution in [3.63, 3.8) is 0 Å². The number of hydrogen-bond donors (Lipinski definition) is 2. The van der Waals surface area contributed by atoms with E-state index in [1.165, 1.54) is 0 Å². The molecular weight excluding hydrogens is 322 g/mol. The first-order chi connectivity index (χ1) is 11.7. The summed E-state index contributed by atoms with van der Waals surface area (Å²) < 4.78 is 0. The van der Waals surface area contributed by atoms with Crippen LogP contribution >= 0.6 is 11.3 Å². The first kappa shape index (κ1) is 15.4. The molecule has 24 heavy (non-hydrogen) atoms. The molecule has 0 radical (unpaired) electrons. The first-order valence-corrected chi connectivity index (χ1v) is 9.33. The van der Waals surface area contributed by atoms with E-state index in [9.17, 15) is 4.79 Å². The van der Waals surface area contributed by atoms with Gasteiger partial charge in [0.1, 0.15) is 11.4 Å². The number of urea groups is 1. The van der Waals surface area contributed by atoms with Crippen LogP contribution in [0.5, 0.6) is 0 Å². The third-order valence-corrected chi connectivity index (χ3v) is 5.43. The predicted octanol–water partition coefficient (Wildman–Crippen LogP) is 3.10. The van der Waals surface area contributed by atoms with E-state index in [1.54, 1.807) is 11.3 Å². The van der Waals surface area contributed by atoms with Gasteiger partial charge in [-0.1, -0.05) is 12.2 Å². The summed E-state index contributed by atoms with van der Waals surface area (Å²) in [6, 6.07) is 0.428. The van der Waals surface area contributed by atoms with Gasteiger partial charge in [-0.15, -0.1) is 11.3 Å². The molecule has 1 aliphatic carbocycles. The summed E-state index contributed by atoms with van der Waals surface area (Å²) in [4.78, 5) is 19.0. The van der Waals surface area contributed by atoms with Crippen LogP contribution in [-0.4, -0.2) is 38.2 Å². The molecule has 7 heteroatoms. The Morgan fingerprint density at radius 1 is 1.46 bits per heavy atom. The number of fused-ring (bicyclic) bond motifs is 1. The smallest absolute Gasteiger partial charge is 0.318 e. The van der Waals surface area contributed by atoms with Crippen molar-refractivity contribution in [1.82, 2.24) is 25.4 Å². The van der Waals surface area contributed by atoms with E-state index in [-0.39, 0.29) is 18.1 Å². The molecule has 2 aliphatic rings. The monoisotopic (exact) mass is 343 g/mol. The van der Waals surface area contributed by atoms with Crippen molar-refractivity contribution in [3.05, 3.63) is 34.3 Å². The minimum Gasteiger partial charge on any atom is -0.335 e. The second kappa shape index (κ2) is 6.39. The van der Waals surface area contributed by atoms with E-state index in [2.05, 4.69) is 39.6 Å². The summed E-state index contributed by atoms with van der Waals surface area (Å²) in [5, 5.41) is 12.7. The zero-order valence-electron chi connectivity index (χ0n) is 13.7. The molecule has 4 rings (SSSR count). The van der Waals surface area contributed by atoms with E-state index in [4.69, 9.17) is 0 Å². The molecule has 0 bridgehead atoms. The van der Waals surface area contributed by atoms with Gasteiger partial charge in [0, 0.05) is 35.1 Å². The summed E-state index contributed by atoms with van der Waals surface area (Å²) in [5.74, 6) is 0. The SMILES string of the molecule is CC1Cc2[nH]nc(-c3cscn3)c2CN1C(=O)NC1CC=CCC1. The van der Waals surface area contributed by atoms with Crippen molar-refractivity contribution in [3.8, 4) is 11.4 Å². The summed E-state index contributed by atoms with van der Waals surface area (Å²) in [7, 11) is 0. The average Bonchev–Trinajstić information content (AvgIpc) is 3.23. The second-order valence-electron chi connectivity index (χ2n) is 6.51. The zero-order chi connectivity index (χ0) is 16.5. The second-order valence-corrected chi connectivity index (χ2v) is 7.23. The van der Waals surface area contributed by atoms with Gasteiger partial charge in [0.2, 0.25) is 0 Å². The standard InChI is InChI=1S/C17H21N5OS/c1-11-7-14-13(16(21-20-14)15-9-24-10-18-15)8-22(11)17(23)19-12-5-3-2-4-6-12/h2-3,9-12H,4-8H2,1H3,(H,19,23)(H,20,21). The molecule has 2 N–H and O–H groups in total. The topological polar surface area (TPSA) is 73.9 Å². The molecule has 0 aromatic carbocycles. The van der Waals surface area contributed by atoms with Gasteiger partial charge in [-0.2, -0.15) is 5.10 Å². The Morgan fingerprint density at radius 3 is 3.12 bits per heavy atom. The minimum atomic E-state index is 0.0267. The molecule has 126 valence electrons. The summed E-state index contributed by atoms with van der Waals surface area (Å²) in [5.41, 5.74) is 5.78. The van der Waals surface area contributed by atoms with Crippen LogP contribution in [0.1, 0.15) is 37.4 Å². The molecule has 2 aromatic rings. The average molecular weight is 343 g/mol. The molecule has 2 amide bonds. The van der Waals surface area contributed by atoms with Crippen molar-refractivity contribution in [2.45, 2.75) is 51.2 Å². The summed E-state index contributed by atoms with van der Waals surface area (Å²) >= 11 is 1.56. The van der Waals surface area contributed by atoms with Crippen molar-refractivity contribution in [2.75, 3.05) is 0 Å². The highest BCUT2D eigenvalue weighted by Crippen LogP contribution is 2.30. The number of nitrogens with zero attached hydrogens (tertiary/aromatic N) is 3. The van der Waals surface area contributed by atoms with Crippen LogP contribution in [0, 0.1) is 0 Å². The minimum absolute atomic E-state index is 0.0267. The van der Waals surface area contributed by atoms with Crippen molar-refractivity contribution < 1.29 is 4.79 Å². The third kappa shape index (κ3) is 2.84. The van der Waals surface area contributed by atoms with Gasteiger partial charge in [-0.05, 0) is 26.2 Å². The molecule has 1 aliphatic heterocycles. The first-order valence-electron chi connectivity index (χ1n) is 8.39. The van der Waals surface area contributed by atoms with Crippen LogP contribution in [0.2, 0.25) is 0 Å². The molecule has 0 fully saturated rings. The zero-order valence-corrected chi connectivity index (χ0v) is 14.5. The molecule has 2 aromatic heterocycles. The number of aromatic amines is 1. The number of aromatic nitrogens is 3. The Hall–Kier alpha value is -2.15. The summed E-state index contributed by atoms with van der Waals surface area (Å²) in [6.45, 7) is 2.67. The fourth-order valence-electron chi connectivity index (χ4n) is 3.47. The quantitative estimate of drug-likeness (QED) is 0.823. The molecule has 0 saturated carbocycles. The predicted molar refractivity (Wildman–Crippen MR) is 93.7 cm³/mol. The Bertz CT molecular complexity index is 751. The van der Waals surface area contributed by atoms with Crippen LogP contribution in [-0.2, 0) is 13.0 Å². The number of carbonyl (C=O) groups excluding carboxylic acids is 1. The van der Waals surface area contributed by atoms with Gasteiger partial charge in [0.25, 0.3) is 0 Å². The normalized spacial score (nSPS) is 23.1. The molecule has 2 atom stereocenters. The highest BCUT2D eigenvalue weighted by atomic mass is 32.1. The van der Waals surface area contributed by atoms with Gasteiger partial charge >= 0.3 is 6.03 Å². The number of allylic oxidation sites excluding steroid dienone is 1. The number of nitrogens with one attached hydrogen (secondary N) is 2. The van der Waals surface area contributed by atoms with Crippen molar-refractivity contribution in [1.29, 1.82) is 0 Å². The van der Waals surface area contributed by atoms with Crippen LogP contribution in [0.3, 0.4) is 0 Å². The lowest BCUT2D eigenvalue weighted by Crippen LogP contribution is -2.50. The highest BCUT2D eigenvalue weighted by Gasteiger charge is 2.31. The van der Waals surface area contributed by atoms with E-state index in [0.29, 0.717) is 6.54 Å². The lowest BCUT2D eigenvalue weighted by molar-refractivity contribution is 0.164. The lowest BCUT2D eigenvalue weighted by Gasteiger charge is -2.35. The van der Waals surface area contributed by atoms with E-state index in [0.717, 1.165) is 48.3 Å². The maximum absolute atomic E-state index is 12.8. The highest BCUT2D eigenvalue weighted by molar-refractivity contribution is 7.07. The Morgan fingerprint density at radius 2 is 2.38 bits per heavy atom. The Kier molecular flexibility index (Phi) is 4.10. The Balaban J connectivity index is 1.53. The molecule has 0 saturated heterocycles. The number of amides is 2. The molecule has 2 unspecified atom stereocenters. The van der Waals surface area contributed by atoms with Crippen molar-refractivity contribution in [2.24, 2.45) is 0 Å². The lowest BCUT2D eigenvalue weighted by atomic mass is 9.99. The number of carbonyl (C=O) groups is 1. The van der Waals surface area contributed by atoms with Gasteiger partial charge < -0.3 is 10.2 Å². The number of rotatable bonds is 2. The number of thiazole rings is 1. The van der Waals surface area contributed by atoms with Gasteiger partial charge in [-0.25, -0.2) is 9.78 Å². The molecular formula is C17H21N5OS. The maximum atomic E-state index is 12.8. The largest absolute Gasteiger partial charge is 0.335 e. The fraction of sp³-hybridized carbons (Fsp3) is 0.471. The van der Waals surface area contributed by atoms with Gasteiger partial charge in [0.05, 0.1) is 12.1 Å². The fourth-order valence-corrected chi connectivity index (χ4v) is 4.00. The number of H-pyrrole nitrogens is 1. The molecule has 6 nitrogen and oxygen atoms in total. The molecule has 0 spiro atoms. The van der Waals surface area contributed by atoms with Crippen LogP contribution in [0.15, 0.2) is 23.0 Å². The van der Waals surface area contributed by atoms with Gasteiger partial charge in [0.15, 0.2) is 0 Å². The molecule has 3 heterocycles.